The largest absolute Gasteiger partial charge is 0.507 e. The van der Waals surface area contributed by atoms with Crippen molar-refractivity contribution in [3.8, 4) is 17.6 Å². The molecule has 0 aliphatic carbocycles. The Morgan fingerprint density at radius 3 is 2.80 bits per heavy atom. The molecule has 1 aromatic carbocycles. The molecule has 4 nitrogen and oxygen atoms in total. The molecule has 78 valence electrons. The number of carbonyl (C=O) groups is 1. The zero-order chi connectivity index (χ0) is 11.4. The van der Waals surface area contributed by atoms with Gasteiger partial charge in [0, 0.05) is 0 Å². The van der Waals surface area contributed by atoms with Crippen LogP contribution in [0.15, 0.2) is 12.1 Å². The van der Waals surface area contributed by atoms with Gasteiger partial charge < -0.3 is 9.84 Å². The summed E-state index contributed by atoms with van der Waals surface area (Å²) in [5, 5.41) is 18.4. The molecule has 15 heavy (non-hydrogen) atoms. The Bertz CT molecular complexity index is 437. The predicted molar refractivity (Wildman–Crippen MR) is 57.5 cm³/mol. The molecule has 0 unspecified atom stereocenters. The highest BCUT2D eigenvalue weighted by molar-refractivity contribution is 9.09. The number of rotatable bonds is 3. The van der Waals surface area contributed by atoms with E-state index in [4.69, 9.17) is 10.00 Å². The minimum Gasteiger partial charge on any atom is -0.507 e. The Morgan fingerprint density at radius 1 is 1.67 bits per heavy atom. The number of halogens is 1. The highest BCUT2D eigenvalue weighted by atomic mass is 79.9. The second kappa shape index (κ2) is 4.80. The topological polar surface area (TPSA) is 70.3 Å². The van der Waals surface area contributed by atoms with Gasteiger partial charge in [0.05, 0.1) is 18.0 Å². The van der Waals surface area contributed by atoms with E-state index < -0.39 is 0 Å². The minimum atomic E-state index is -0.358. The fraction of sp³-hybridized carbons (Fsp3) is 0.200. The number of aromatic hydroxyl groups is 1. The van der Waals surface area contributed by atoms with Gasteiger partial charge in [-0.3, -0.25) is 4.79 Å². The molecule has 0 saturated heterocycles. The van der Waals surface area contributed by atoms with Crippen LogP contribution in [0.3, 0.4) is 0 Å². The number of carbonyl (C=O) groups excluding carboxylic acids is 1. The van der Waals surface area contributed by atoms with Crippen LogP contribution in [0.2, 0.25) is 0 Å². The van der Waals surface area contributed by atoms with Crippen LogP contribution in [-0.4, -0.2) is 23.3 Å². The number of benzene rings is 1. The number of nitrogens with zero attached hydrogens (tertiary/aromatic N) is 1. The molecule has 1 rings (SSSR count). The van der Waals surface area contributed by atoms with Crippen molar-refractivity contribution >= 4 is 21.7 Å². The van der Waals surface area contributed by atoms with Gasteiger partial charge in [0.2, 0.25) is 0 Å². The molecular weight excluding hydrogens is 262 g/mol. The lowest BCUT2D eigenvalue weighted by Gasteiger charge is -2.08. The number of alkyl halides is 1. The summed E-state index contributed by atoms with van der Waals surface area (Å²) in [6.45, 7) is 0. The number of methoxy groups -OCH3 is 1. The lowest BCUT2D eigenvalue weighted by molar-refractivity contribution is 0.102. The van der Waals surface area contributed by atoms with Gasteiger partial charge in [-0.2, -0.15) is 5.26 Å². The summed E-state index contributed by atoms with van der Waals surface area (Å²) in [4.78, 5) is 11.5. The Morgan fingerprint density at radius 2 is 2.33 bits per heavy atom. The van der Waals surface area contributed by atoms with Gasteiger partial charge in [-0.25, -0.2) is 0 Å². The normalized spacial score (nSPS) is 9.40. The number of hydrogen-bond donors (Lipinski definition) is 1. The molecule has 0 radical (unpaired) electrons. The highest BCUT2D eigenvalue weighted by Crippen LogP contribution is 2.29. The van der Waals surface area contributed by atoms with Crippen molar-refractivity contribution in [2.45, 2.75) is 0 Å². The average Bonchev–Trinajstić information content (AvgIpc) is 2.27. The van der Waals surface area contributed by atoms with Crippen molar-refractivity contribution in [2.75, 3.05) is 12.4 Å². The maximum Gasteiger partial charge on any atom is 0.178 e. The van der Waals surface area contributed by atoms with Crippen LogP contribution < -0.4 is 4.74 Å². The first kappa shape index (κ1) is 11.5. The van der Waals surface area contributed by atoms with Gasteiger partial charge in [-0.05, 0) is 12.1 Å². The van der Waals surface area contributed by atoms with Gasteiger partial charge >= 0.3 is 0 Å². The molecule has 0 spiro atoms. The molecule has 0 atom stereocenters. The van der Waals surface area contributed by atoms with E-state index in [2.05, 4.69) is 15.9 Å². The lowest BCUT2D eigenvalue weighted by atomic mass is 10.0. The summed E-state index contributed by atoms with van der Waals surface area (Å²) >= 11 is 2.98. The van der Waals surface area contributed by atoms with Crippen molar-refractivity contribution < 1.29 is 14.6 Å². The van der Waals surface area contributed by atoms with Gasteiger partial charge in [0.15, 0.2) is 5.78 Å². The maximum absolute atomic E-state index is 11.5. The Balaban J connectivity index is 3.47. The molecule has 0 aromatic heterocycles. The van der Waals surface area contributed by atoms with E-state index in [1.54, 1.807) is 0 Å². The van der Waals surface area contributed by atoms with E-state index in [9.17, 15) is 9.90 Å². The zero-order valence-electron chi connectivity index (χ0n) is 7.95. The predicted octanol–water partition coefficient (Wildman–Crippen LogP) is 1.85. The number of nitriles is 1. The van der Waals surface area contributed by atoms with Crippen LogP contribution in [0.4, 0.5) is 0 Å². The third kappa shape index (κ3) is 2.10. The van der Waals surface area contributed by atoms with Gasteiger partial charge in [0.25, 0.3) is 0 Å². The molecular formula is C10H8BrNO3. The second-order valence-electron chi connectivity index (χ2n) is 2.71. The number of ketones is 1. The molecule has 0 amide bonds. The lowest BCUT2D eigenvalue weighted by Crippen LogP contribution is -2.05. The minimum absolute atomic E-state index is 0.00581. The molecule has 0 aliphatic heterocycles. The first-order chi connectivity index (χ1) is 7.15. The third-order valence-electron chi connectivity index (χ3n) is 1.88. The SMILES string of the molecule is COc1ccc(O)c(C(=O)CBr)c1C#N. The fourth-order valence-electron chi connectivity index (χ4n) is 1.20. The van der Waals surface area contributed by atoms with E-state index >= 15 is 0 Å². The number of phenolic OH excluding ortho intramolecular Hbond substituents is 1. The average molecular weight is 270 g/mol. The fourth-order valence-corrected chi connectivity index (χ4v) is 1.48. The molecule has 5 heteroatoms. The van der Waals surface area contributed by atoms with Crippen LogP contribution >= 0.6 is 15.9 Å². The Hall–Kier alpha value is -1.54. The Labute approximate surface area is 95.2 Å². The molecule has 0 saturated carbocycles. The summed E-state index contributed by atoms with van der Waals surface area (Å²) < 4.78 is 4.93. The number of ether oxygens (including phenoxy) is 1. The van der Waals surface area contributed by atoms with E-state index in [1.165, 1.54) is 19.2 Å². The summed E-state index contributed by atoms with van der Waals surface area (Å²) in [6, 6.07) is 4.62. The molecule has 1 aromatic rings. The number of hydrogen-bond acceptors (Lipinski definition) is 4. The van der Waals surface area contributed by atoms with Crippen molar-refractivity contribution in [2.24, 2.45) is 0 Å². The van der Waals surface area contributed by atoms with E-state index in [1.807, 2.05) is 6.07 Å². The van der Waals surface area contributed by atoms with Crippen molar-refractivity contribution in [3.63, 3.8) is 0 Å². The summed E-state index contributed by atoms with van der Waals surface area (Å²) in [6.07, 6.45) is 0. The van der Waals surface area contributed by atoms with Crippen molar-refractivity contribution in [3.05, 3.63) is 23.3 Å². The van der Waals surface area contributed by atoms with Gasteiger partial charge in [0.1, 0.15) is 23.1 Å². The summed E-state index contributed by atoms with van der Waals surface area (Å²) in [5.74, 6) is -0.292. The molecule has 0 bridgehead atoms. The first-order valence-electron chi connectivity index (χ1n) is 4.05. The summed E-state index contributed by atoms with van der Waals surface area (Å²) in [7, 11) is 1.40. The van der Waals surface area contributed by atoms with Crippen LogP contribution in [0.5, 0.6) is 11.5 Å². The van der Waals surface area contributed by atoms with Crippen LogP contribution in [0.25, 0.3) is 0 Å². The first-order valence-corrected chi connectivity index (χ1v) is 5.17. The van der Waals surface area contributed by atoms with E-state index in [0.717, 1.165) is 0 Å². The number of Topliss-reactive ketones (excluding diaryl/α,β-unsaturated/α-hetero) is 1. The van der Waals surface area contributed by atoms with Crippen LogP contribution in [0.1, 0.15) is 15.9 Å². The zero-order valence-corrected chi connectivity index (χ0v) is 9.54. The standard InChI is InChI=1S/C10H8BrNO3/c1-15-9-3-2-7(13)10(6(9)5-12)8(14)4-11/h2-3,13H,4H2,1H3. The molecule has 0 heterocycles. The maximum atomic E-state index is 11.5. The van der Waals surface area contributed by atoms with E-state index in [-0.39, 0.29) is 33.7 Å². The van der Waals surface area contributed by atoms with Crippen molar-refractivity contribution in [1.82, 2.24) is 0 Å². The van der Waals surface area contributed by atoms with Crippen LogP contribution in [0, 0.1) is 11.3 Å². The van der Waals surface area contributed by atoms with Gasteiger partial charge in [-0.1, -0.05) is 15.9 Å². The highest BCUT2D eigenvalue weighted by Gasteiger charge is 2.19. The number of phenols is 1. The molecule has 0 aliphatic rings. The van der Waals surface area contributed by atoms with Gasteiger partial charge in [-0.15, -0.1) is 0 Å². The summed E-state index contributed by atoms with van der Waals surface area (Å²) in [5.41, 5.74) is 0.0516. The smallest absolute Gasteiger partial charge is 0.178 e. The van der Waals surface area contributed by atoms with Crippen LogP contribution in [-0.2, 0) is 0 Å². The monoisotopic (exact) mass is 269 g/mol. The Kier molecular flexibility index (Phi) is 3.69. The third-order valence-corrected chi connectivity index (χ3v) is 2.39. The molecule has 1 N–H and O–H groups in total. The van der Waals surface area contributed by atoms with Crippen molar-refractivity contribution in [1.29, 1.82) is 5.26 Å². The molecule has 0 fully saturated rings. The quantitative estimate of drug-likeness (QED) is 0.672. The second-order valence-corrected chi connectivity index (χ2v) is 3.27. The van der Waals surface area contributed by atoms with E-state index in [0.29, 0.717) is 0 Å².